The summed E-state index contributed by atoms with van der Waals surface area (Å²) in [6.45, 7) is 0.244. The highest BCUT2D eigenvalue weighted by atomic mass is 79.9. The van der Waals surface area contributed by atoms with Crippen molar-refractivity contribution in [3.8, 4) is 28.7 Å². The predicted molar refractivity (Wildman–Crippen MR) is 165 cm³/mol. The number of carbonyl (C=O) groups is 2. The lowest BCUT2D eigenvalue weighted by molar-refractivity contribution is -0.115. The van der Waals surface area contributed by atoms with Crippen LogP contribution in [0, 0.1) is 0 Å². The molecule has 3 aromatic rings. The molecule has 1 aliphatic rings. The van der Waals surface area contributed by atoms with Crippen LogP contribution >= 0.6 is 59.6 Å². The maximum atomic E-state index is 11.8. The minimum Gasteiger partial charge on any atom is -0.493 e. The summed E-state index contributed by atoms with van der Waals surface area (Å²) in [6.07, 6.45) is 2.17. The van der Waals surface area contributed by atoms with Crippen LogP contribution in [0.15, 0.2) is 54.7 Å². The summed E-state index contributed by atoms with van der Waals surface area (Å²) in [5.41, 5.74) is 3.54. The molecule has 0 aromatic heterocycles. The van der Waals surface area contributed by atoms with Gasteiger partial charge >= 0.3 is 0 Å². The average molecular weight is 758 g/mol. The van der Waals surface area contributed by atoms with E-state index in [0.29, 0.717) is 40.1 Å². The van der Waals surface area contributed by atoms with E-state index in [2.05, 4.69) is 53.1 Å². The van der Waals surface area contributed by atoms with Crippen LogP contribution < -0.4 is 29.0 Å². The maximum Gasteiger partial charge on any atom is 0.290 e. The van der Waals surface area contributed by atoms with E-state index >= 15 is 0 Å². The molecule has 4 rings (SSSR count). The van der Waals surface area contributed by atoms with Gasteiger partial charge in [-0.25, -0.2) is 0 Å². The van der Waals surface area contributed by atoms with Gasteiger partial charge in [-0.3, -0.25) is 14.9 Å². The molecule has 0 atom stereocenters. The third-order valence-electron chi connectivity index (χ3n) is 6.01. The van der Waals surface area contributed by atoms with Crippen LogP contribution in [0.25, 0.3) is 6.08 Å². The van der Waals surface area contributed by atoms with Crippen LogP contribution in [0.3, 0.4) is 0 Å². The summed E-state index contributed by atoms with van der Waals surface area (Å²) in [4.78, 5) is 23.6. The molecule has 1 saturated heterocycles. The second-order valence-corrected chi connectivity index (χ2v) is 11.7. The van der Waals surface area contributed by atoms with Crippen molar-refractivity contribution in [2.24, 2.45) is 0 Å². The van der Waals surface area contributed by atoms with Gasteiger partial charge in [0.05, 0.1) is 42.3 Å². The van der Waals surface area contributed by atoms with E-state index in [1.165, 1.54) is 0 Å². The Bertz CT molecular complexity index is 1490. The topological polar surface area (TPSA) is 92.3 Å². The zero-order valence-corrected chi connectivity index (χ0v) is 27.4. The lowest BCUT2D eigenvalue weighted by Crippen LogP contribution is -2.17. The third-order valence-corrected chi connectivity index (χ3v) is 9.86. The van der Waals surface area contributed by atoms with Gasteiger partial charge < -0.3 is 23.7 Å². The van der Waals surface area contributed by atoms with Gasteiger partial charge in [-0.15, -0.1) is 0 Å². The number of rotatable bonds is 10. The fourth-order valence-electron chi connectivity index (χ4n) is 4.05. The Kier molecular flexibility index (Phi) is 10.1. The minimum atomic E-state index is -0.393. The Morgan fingerprint density at radius 3 is 1.95 bits per heavy atom. The number of ether oxygens (including phenoxy) is 5. The number of thioether (sulfide) groups is 1. The minimum absolute atomic E-state index is 0.244. The number of benzene rings is 3. The molecule has 210 valence electrons. The van der Waals surface area contributed by atoms with Crippen LogP contribution in [0.2, 0.25) is 0 Å². The van der Waals surface area contributed by atoms with Gasteiger partial charge in [0, 0.05) is 10.9 Å². The van der Waals surface area contributed by atoms with Crippen molar-refractivity contribution in [1.82, 2.24) is 5.32 Å². The van der Waals surface area contributed by atoms with E-state index < -0.39 is 5.91 Å². The first kappa shape index (κ1) is 30.3. The van der Waals surface area contributed by atoms with Crippen LogP contribution in [0.5, 0.6) is 28.7 Å². The van der Waals surface area contributed by atoms with Crippen molar-refractivity contribution < 1.29 is 33.3 Å². The largest absolute Gasteiger partial charge is 0.493 e. The Labute approximate surface area is 261 Å². The molecule has 0 unspecified atom stereocenters. The average Bonchev–Trinajstić information content (AvgIpc) is 3.27. The highest BCUT2D eigenvalue weighted by Gasteiger charge is 2.25. The Hall–Kier alpha value is -2.67. The molecular formula is C28H24Br3NO7S. The molecule has 2 amide bonds. The first-order valence-electron chi connectivity index (χ1n) is 11.7. The van der Waals surface area contributed by atoms with Crippen LogP contribution in [-0.4, -0.2) is 39.6 Å². The lowest BCUT2D eigenvalue weighted by atomic mass is 9.98. The van der Waals surface area contributed by atoms with Crippen molar-refractivity contribution >= 4 is 76.8 Å². The van der Waals surface area contributed by atoms with Gasteiger partial charge in [-0.1, -0.05) is 12.1 Å². The summed E-state index contributed by atoms with van der Waals surface area (Å²) in [6, 6.07) is 11.1. The fraction of sp³-hybridized carbons (Fsp3) is 0.214. The fourth-order valence-corrected chi connectivity index (χ4v) is 6.53. The molecular weight excluding hydrogens is 734 g/mol. The summed E-state index contributed by atoms with van der Waals surface area (Å²) < 4.78 is 30.8. The van der Waals surface area contributed by atoms with Gasteiger partial charge in [-0.05, 0) is 112 Å². The van der Waals surface area contributed by atoms with Crippen molar-refractivity contribution in [2.45, 2.75) is 13.0 Å². The van der Waals surface area contributed by atoms with Crippen molar-refractivity contribution in [2.75, 3.05) is 28.4 Å². The first-order chi connectivity index (χ1) is 19.2. The summed E-state index contributed by atoms with van der Waals surface area (Å²) in [5, 5.41) is 1.88. The summed E-state index contributed by atoms with van der Waals surface area (Å²) in [5.74, 6) is 2.55. The molecule has 1 N–H and O–H groups in total. The van der Waals surface area contributed by atoms with Crippen LogP contribution in [-0.2, 0) is 17.8 Å². The van der Waals surface area contributed by atoms with E-state index in [4.69, 9.17) is 23.7 Å². The van der Waals surface area contributed by atoms with Gasteiger partial charge in [-0.2, -0.15) is 0 Å². The van der Waals surface area contributed by atoms with Gasteiger partial charge in [0.1, 0.15) is 12.4 Å². The smallest absolute Gasteiger partial charge is 0.290 e. The van der Waals surface area contributed by atoms with E-state index in [1.54, 1.807) is 34.5 Å². The molecule has 1 fully saturated rings. The number of imide groups is 1. The zero-order valence-electron chi connectivity index (χ0n) is 21.9. The van der Waals surface area contributed by atoms with Crippen LogP contribution in [0.4, 0.5) is 4.79 Å². The Morgan fingerprint density at radius 1 is 0.800 bits per heavy atom. The van der Waals surface area contributed by atoms with E-state index in [0.717, 1.165) is 47.4 Å². The van der Waals surface area contributed by atoms with E-state index in [9.17, 15) is 9.59 Å². The van der Waals surface area contributed by atoms with Gasteiger partial charge in [0.2, 0.25) is 0 Å². The monoisotopic (exact) mass is 755 g/mol. The zero-order chi connectivity index (χ0) is 29.0. The second-order valence-electron chi connectivity index (χ2n) is 8.35. The molecule has 0 bridgehead atoms. The molecule has 40 heavy (non-hydrogen) atoms. The number of amides is 2. The molecule has 0 aliphatic carbocycles. The van der Waals surface area contributed by atoms with E-state index in [1.807, 2.05) is 36.4 Å². The molecule has 3 aromatic carbocycles. The lowest BCUT2D eigenvalue weighted by Gasteiger charge is -2.20. The van der Waals surface area contributed by atoms with Crippen molar-refractivity contribution in [3.05, 3.63) is 77.0 Å². The highest BCUT2D eigenvalue weighted by molar-refractivity contribution is 9.13. The number of halogens is 3. The Morgan fingerprint density at radius 2 is 1.40 bits per heavy atom. The van der Waals surface area contributed by atoms with Gasteiger partial charge in [0.15, 0.2) is 23.0 Å². The first-order valence-corrected chi connectivity index (χ1v) is 14.9. The molecule has 1 heterocycles. The maximum absolute atomic E-state index is 11.8. The quantitative estimate of drug-likeness (QED) is 0.213. The van der Waals surface area contributed by atoms with E-state index in [-0.39, 0.29) is 11.8 Å². The predicted octanol–water partition coefficient (Wildman–Crippen LogP) is 7.50. The molecule has 0 saturated carbocycles. The van der Waals surface area contributed by atoms with Crippen molar-refractivity contribution in [1.29, 1.82) is 0 Å². The normalized spacial score (nSPS) is 13.8. The Balaban J connectivity index is 1.65. The molecule has 8 nitrogen and oxygen atoms in total. The number of nitrogens with one attached hydrogen (secondary N) is 1. The number of hydrogen-bond acceptors (Lipinski definition) is 8. The molecule has 12 heteroatoms. The second kappa shape index (κ2) is 13.3. The molecule has 0 radical (unpaired) electrons. The summed E-state index contributed by atoms with van der Waals surface area (Å²) >= 11 is 11.9. The number of hydrogen-bond donors (Lipinski definition) is 1. The standard InChI is InChI=1S/C28H24Br3NO7S/c1-35-19-11-15(22(29)24(31)26(19)38-4)10-18-16(12-20(36-2)25(37-3)23(18)30)13-39-17-7-5-14(6-8-17)9-21-27(33)32-28(34)40-21/h5-9,11-12H,10,13H2,1-4H3,(H,32,33,34). The SMILES string of the molecule is COc1cc(Cc2c(COc3ccc(C=C4SC(=O)NC4=O)cc3)cc(OC)c(OC)c2Br)c(Br)c(Br)c1OC. The number of carbonyl (C=O) groups excluding carboxylic acids is 2. The van der Waals surface area contributed by atoms with Crippen molar-refractivity contribution in [3.63, 3.8) is 0 Å². The van der Waals surface area contributed by atoms with Gasteiger partial charge in [0.25, 0.3) is 11.1 Å². The molecule has 1 aliphatic heterocycles. The van der Waals surface area contributed by atoms with Crippen LogP contribution in [0.1, 0.15) is 22.3 Å². The molecule has 0 spiro atoms. The highest BCUT2D eigenvalue weighted by Crippen LogP contribution is 2.46. The number of methoxy groups -OCH3 is 4. The third kappa shape index (κ3) is 6.45. The summed E-state index contributed by atoms with van der Waals surface area (Å²) in [7, 11) is 6.35.